The number of piperidine rings is 1. The van der Waals surface area contributed by atoms with E-state index < -0.39 is 0 Å². The Labute approximate surface area is 110 Å². The molecule has 2 N–H and O–H groups in total. The van der Waals surface area contributed by atoms with E-state index >= 15 is 0 Å². The minimum Gasteiger partial charge on any atom is -0.378 e. The fraction of sp³-hybridized carbons (Fsp3) is 0.929. The first-order chi connectivity index (χ1) is 8.74. The van der Waals surface area contributed by atoms with Crippen LogP contribution in [0.3, 0.4) is 0 Å². The Morgan fingerprint density at radius 2 is 2.17 bits per heavy atom. The van der Waals surface area contributed by atoms with Crippen LogP contribution >= 0.6 is 0 Å². The molecule has 0 aromatic rings. The Hall–Kier alpha value is -0.610. The van der Waals surface area contributed by atoms with Crippen LogP contribution < -0.4 is 10.6 Å². The standard InChI is InChI=1S/C14H26N2O2/c1-11-5-4-6-12(16-11)10-15-14(17)9-13-7-2-3-8-18-13/h11-13,16H,2-10H2,1H3,(H,15,17). The highest BCUT2D eigenvalue weighted by molar-refractivity contribution is 5.76. The lowest BCUT2D eigenvalue weighted by molar-refractivity contribution is -0.125. The second kappa shape index (κ2) is 7.10. The molecule has 4 heteroatoms. The minimum absolute atomic E-state index is 0.141. The van der Waals surface area contributed by atoms with Gasteiger partial charge in [0, 0.05) is 25.2 Å². The molecule has 2 rings (SSSR count). The molecule has 0 aromatic heterocycles. The zero-order chi connectivity index (χ0) is 12.8. The fourth-order valence-electron chi connectivity index (χ4n) is 2.88. The molecule has 3 atom stereocenters. The molecule has 2 fully saturated rings. The number of carbonyl (C=O) groups is 1. The van der Waals surface area contributed by atoms with Crippen LogP contribution in [0.15, 0.2) is 0 Å². The lowest BCUT2D eigenvalue weighted by Gasteiger charge is -2.29. The van der Waals surface area contributed by atoms with E-state index in [2.05, 4.69) is 17.6 Å². The van der Waals surface area contributed by atoms with Crippen molar-refractivity contribution >= 4 is 5.91 Å². The molecule has 1 amide bonds. The Morgan fingerprint density at radius 1 is 1.28 bits per heavy atom. The first kappa shape index (κ1) is 13.8. The lowest BCUT2D eigenvalue weighted by atomic mass is 9.99. The molecule has 0 aliphatic carbocycles. The van der Waals surface area contributed by atoms with Crippen molar-refractivity contribution in [3.63, 3.8) is 0 Å². The van der Waals surface area contributed by atoms with Crippen LogP contribution in [0.1, 0.15) is 51.9 Å². The summed E-state index contributed by atoms with van der Waals surface area (Å²) in [6.45, 7) is 3.79. The molecule has 0 radical (unpaired) electrons. The van der Waals surface area contributed by atoms with Gasteiger partial charge in [0.25, 0.3) is 0 Å². The molecule has 4 nitrogen and oxygen atoms in total. The molecule has 0 aromatic carbocycles. The smallest absolute Gasteiger partial charge is 0.222 e. The Morgan fingerprint density at radius 3 is 2.89 bits per heavy atom. The van der Waals surface area contributed by atoms with Gasteiger partial charge in [-0.05, 0) is 39.0 Å². The number of hydrogen-bond donors (Lipinski definition) is 2. The molecule has 2 aliphatic rings. The highest BCUT2D eigenvalue weighted by atomic mass is 16.5. The number of carbonyl (C=O) groups excluding carboxylic acids is 1. The van der Waals surface area contributed by atoms with Crippen LogP contribution in [0.5, 0.6) is 0 Å². The van der Waals surface area contributed by atoms with Gasteiger partial charge in [0.1, 0.15) is 0 Å². The number of nitrogens with one attached hydrogen (secondary N) is 2. The molecular formula is C14H26N2O2. The summed E-state index contributed by atoms with van der Waals surface area (Å²) in [5.74, 6) is 0.141. The largest absolute Gasteiger partial charge is 0.378 e. The first-order valence-electron chi connectivity index (χ1n) is 7.38. The number of hydrogen-bond acceptors (Lipinski definition) is 3. The highest BCUT2D eigenvalue weighted by Gasteiger charge is 2.20. The van der Waals surface area contributed by atoms with Gasteiger partial charge in [-0.3, -0.25) is 4.79 Å². The number of amides is 1. The Balaban J connectivity index is 1.61. The lowest BCUT2D eigenvalue weighted by Crippen LogP contribution is -2.47. The molecule has 0 saturated carbocycles. The van der Waals surface area contributed by atoms with Crippen molar-refractivity contribution in [3.8, 4) is 0 Å². The molecule has 2 aliphatic heterocycles. The van der Waals surface area contributed by atoms with Crippen LogP contribution in [0, 0.1) is 0 Å². The van der Waals surface area contributed by atoms with E-state index in [0.29, 0.717) is 18.5 Å². The summed E-state index contributed by atoms with van der Waals surface area (Å²) < 4.78 is 5.58. The maximum atomic E-state index is 11.8. The van der Waals surface area contributed by atoms with Gasteiger partial charge < -0.3 is 15.4 Å². The van der Waals surface area contributed by atoms with Gasteiger partial charge in [-0.25, -0.2) is 0 Å². The van der Waals surface area contributed by atoms with Gasteiger partial charge in [-0.1, -0.05) is 6.42 Å². The van der Waals surface area contributed by atoms with Crippen LogP contribution in [0.2, 0.25) is 0 Å². The molecule has 18 heavy (non-hydrogen) atoms. The average Bonchev–Trinajstić information content (AvgIpc) is 2.38. The van der Waals surface area contributed by atoms with E-state index in [1.54, 1.807) is 0 Å². The number of rotatable bonds is 4. The van der Waals surface area contributed by atoms with Crippen molar-refractivity contribution in [1.29, 1.82) is 0 Å². The third-order valence-corrected chi connectivity index (χ3v) is 3.94. The van der Waals surface area contributed by atoms with Crippen molar-refractivity contribution in [2.75, 3.05) is 13.2 Å². The normalized spacial score (nSPS) is 33.1. The maximum absolute atomic E-state index is 11.8. The van der Waals surface area contributed by atoms with E-state index in [0.717, 1.165) is 26.0 Å². The van der Waals surface area contributed by atoms with Gasteiger partial charge in [-0.15, -0.1) is 0 Å². The van der Waals surface area contributed by atoms with E-state index in [9.17, 15) is 4.79 Å². The zero-order valence-corrected chi connectivity index (χ0v) is 11.4. The molecular weight excluding hydrogens is 228 g/mol. The van der Waals surface area contributed by atoms with Crippen LogP contribution in [-0.2, 0) is 9.53 Å². The highest BCUT2D eigenvalue weighted by Crippen LogP contribution is 2.15. The van der Waals surface area contributed by atoms with Gasteiger partial charge in [-0.2, -0.15) is 0 Å². The van der Waals surface area contributed by atoms with E-state index in [-0.39, 0.29) is 12.0 Å². The second-order valence-electron chi connectivity index (χ2n) is 5.69. The van der Waals surface area contributed by atoms with Crippen molar-refractivity contribution in [2.45, 2.75) is 70.1 Å². The van der Waals surface area contributed by atoms with Gasteiger partial charge in [0.2, 0.25) is 5.91 Å². The van der Waals surface area contributed by atoms with Crippen LogP contribution in [0.25, 0.3) is 0 Å². The fourth-order valence-corrected chi connectivity index (χ4v) is 2.88. The summed E-state index contributed by atoms with van der Waals surface area (Å²) in [5, 5.41) is 6.57. The maximum Gasteiger partial charge on any atom is 0.222 e. The second-order valence-corrected chi connectivity index (χ2v) is 5.69. The van der Waals surface area contributed by atoms with E-state index in [1.807, 2.05) is 0 Å². The molecule has 104 valence electrons. The van der Waals surface area contributed by atoms with Crippen LogP contribution in [-0.4, -0.2) is 37.2 Å². The molecule has 0 bridgehead atoms. The van der Waals surface area contributed by atoms with Crippen molar-refractivity contribution in [3.05, 3.63) is 0 Å². The Kier molecular flexibility index (Phi) is 5.45. The van der Waals surface area contributed by atoms with Crippen molar-refractivity contribution in [1.82, 2.24) is 10.6 Å². The molecule has 2 heterocycles. The first-order valence-corrected chi connectivity index (χ1v) is 7.38. The van der Waals surface area contributed by atoms with Crippen molar-refractivity contribution in [2.24, 2.45) is 0 Å². The topological polar surface area (TPSA) is 50.4 Å². The molecule has 3 unspecified atom stereocenters. The summed E-state index contributed by atoms with van der Waals surface area (Å²) in [6.07, 6.45) is 7.73. The average molecular weight is 254 g/mol. The van der Waals surface area contributed by atoms with Gasteiger partial charge in [0.05, 0.1) is 12.5 Å². The minimum atomic E-state index is 0.141. The molecule has 0 spiro atoms. The summed E-state index contributed by atoms with van der Waals surface area (Å²) in [4.78, 5) is 11.8. The predicted molar refractivity (Wildman–Crippen MR) is 71.5 cm³/mol. The van der Waals surface area contributed by atoms with Gasteiger partial charge in [0.15, 0.2) is 0 Å². The van der Waals surface area contributed by atoms with Crippen LogP contribution in [0.4, 0.5) is 0 Å². The molecule has 2 saturated heterocycles. The third-order valence-electron chi connectivity index (χ3n) is 3.94. The summed E-state index contributed by atoms with van der Waals surface area (Å²) >= 11 is 0. The SMILES string of the molecule is CC1CCCC(CNC(=O)CC2CCCCO2)N1. The van der Waals surface area contributed by atoms with E-state index in [1.165, 1.54) is 25.7 Å². The number of ether oxygens (including phenoxy) is 1. The Bertz CT molecular complexity index is 265. The summed E-state index contributed by atoms with van der Waals surface area (Å²) in [5.41, 5.74) is 0. The predicted octanol–water partition coefficient (Wildman–Crippen LogP) is 1.59. The summed E-state index contributed by atoms with van der Waals surface area (Å²) in [7, 11) is 0. The summed E-state index contributed by atoms with van der Waals surface area (Å²) in [6, 6.07) is 1.03. The zero-order valence-electron chi connectivity index (χ0n) is 11.4. The quantitative estimate of drug-likeness (QED) is 0.801. The third kappa shape index (κ3) is 4.58. The monoisotopic (exact) mass is 254 g/mol. The van der Waals surface area contributed by atoms with Gasteiger partial charge >= 0.3 is 0 Å². The van der Waals surface area contributed by atoms with Crippen molar-refractivity contribution < 1.29 is 9.53 Å². The van der Waals surface area contributed by atoms with E-state index in [4.69, 9.17) is 4.74 Å².